The average Bonchev–Trinajstić information content (AvgIpc) is 4.15. The molecule has 0 spiro atoms. The van der Waals surface area contributed by atoms with E-state index in [9.17, 15) is 14.3 Å². The lowest BCUT2D eigenvalue weighted by Gasteiger charge is -2.72. The van der Waals surface area contributed by atoms with Crippen LogP contribution < -0.4 is 5.32 Å². The van der Waals surface area contributed by atoms with Crippen molar-refractivity contribution in [2.24, 2.45) is 68.5 Å². The van der Waals surface area contributed by atoms with Crippen LogP contribution in [-0.2, 0) is 16.1 Å². The van der Waals surface area contributed by atoms with Crippen LogP contribution in [0.1, 0.15) is 156 Å². The molecule has 0 aromatic heterocycles. The maximum absolute atomic E-state index is 14.8. The SMILES string of the molecule is C=C(C)[C@@H]1CC[C@]2(NCCC(O)(C3CC3)C3CC3)CC[C@]3(C)[C@H](CC[C@@H]4[C@@]5(C)CC=C(C6=CC[C@](CF)(C(=O)OCc7ccccc7)CC6)C(C)(C)[C@@H]5CC[C@]43C)[C@@H]12. The third kappa shape index (κ3) is 6.25. The first-order chi connectivity index (χ1) is 27.6. The Balaban J connectivity index is 0.933. The van der Waals surface area contributed by atoms with Gasteiger partial charge in [-0.15, -0.1) is 0 Å². The molecule has 0 heterocycles. The van der Waals surface area contributed by atoms with Crippen LogP contribution in [0.25, 0.3) is 0 Å². The van der Waals surface area contributed by atoms with Crippen LogP contribution in [0.15, 0.2) is 65.8 Å². The smallest absolute Gasteiger partial charge is 0.315 e. The predicted octanol–water partition coefficient (Wildman–Crippen LogP) is 12.3. The standard InChI is InChI=1S/C53H76FNO3/c1-35(2)40-21-28-52(55-32-31-53(57,38-13-14-38)39-15-16-39)30-29-49(6)42(45(40)52)17-18-44-48(5)24-22-41(47(3,4)43(48)23-25-50(44,49)7)37-19-26-51(34-54,27-20-37)46(56)58-33-36-11-9-8-10-12-36/h8-12,19,22,38-40,42-45,55,57H,1,13-18,20-21,23-34H2,2-7H3/t40-,42+,43-,44+,45+,48-,49+,50+,51-,52-/m0/s1. The maximum atomic E-state index is 14.8. The van der Waals surface area contributed by atoms with Crippen molar-refractivity contribution >= 4 is 5.97 Å². The molecule has 0 unspecified atom stereocenters. The molecular weight excluding hydrogens is 718 g/mol. The fourth-order valence-corrected chi connectivity index (χ4v) is 16.4. The maximum Gasteiger partial charge on any atom is 0.315 e. The molecule has 1 aromatic carbocycles. The van der Waals surface area contributed by atoms with Crippen molar-refractivity contribution in [2.45, 2.75) is 168 Å². The topological polar surface area (TPSA) is 58.6 Å². The number of halogens is 1. The van der Waals surface area contributed by atoms with Gasteiger partial charge in [0.15, 0.2) is 0 Å². The third-order valence-electron chi connectivity index (χ3n) is 20.1. The molecule has 318 valence electrons. The number of aliphatic hydroxyl groups is 1. The van der Waals surface area contributed by atoms with Crippen molar-refractivity contribution < 1.29 is 19.0 Å². The first-order valence-corrected chi connectivity index (χ1v) is 23.9. The molecule has 58 heavy (non-hydrogen) atoms. The molecule has 9 rings (SSSR count). The van der Waals surface area contributed by atoms with Crippen LogP contribution in [0.3, 0.4) is 0 Å². The number of nitrogens with one attached hydrogen (secondary N) is 1. The largest absolute Gasteiger partial charge is 0.460 e. The zero-order valence-electron chi connectivity index (χ0n) is 37.1. The van der Waals surface area contributed by atoms with Crippen molar-refractivity contribution in [3.8, 4) is 0 Å². The summed E-state index contributed by atoms with van der Waals surface area (Å²) in [6, 6.07) is 9.71. The van der Waals surface area contributed by atoms with Crippen LogP contribution in [-0.4, -0.2) is 35.4 Å². The number of carbonyl (C=O) groups excluding carboxylic acids is 1. The van der Waals surface area contributed by atoms with E-state index in [2.05, 4.69) is 65.6 Å². The number of esters is 1. The highest BCUT2D eigenvalue weighted by Crippen LogP contribution is 2.76. The molecule has 6 saturated carbocycles. The fraction of sp³-hybridized carbons (Fsp3) is 0.755. The van der Waals surface area contributed by atoms with E-state index >= 15 is 0 Å². The summed E-state index contributed by atoms with van der Waals surface area (Å²) in [5.41, 5.74) is 4.57. The first-order valence-electron chi connectivity index (χ1n) is 23.9. The van der Waals surface area contributed by atoms with Crippen LogP contribution in [0.2, 0.25) is 0 Å². The van der Waals surface area contributed by atoms with Crippen molar-refractivity contribution in [3.05, 3.63) is 71.3 Å². The quantitative estimate of drug-likeness (QED) is 0.163. The molecule has 1 aromatic rings. The lowest BCUT2D eigenvalue weighted by Crippen LogP contribution is -2.68. The van der Waals surface area contributed by atoms with Gasteiger partial charge < -0.3 is 15.2 Å². The molecule has 6 fully saturated rings. The van der Waals surface area contributed by atoms with E-state index in [1.807, 2.05) is 30.3 Å². The zero-order valence-corrected chi connectivity index (χ0v) is 37.1. The Bertz CT molecular complexity index is 1810. The molecule has 0 aliphatic heterocycles. The number of carbonyl (C=O) groups is 1. The lowest BCUT2D eigenvalue weighted by atomic mass is 9.33. The van der Waals surface area contributed by atoms with Gasteiger partial charge in [0.2, 0.25) is 0 Å². The molecule has 8 aliphatic carbocycles. The minimum Gasteiger partial charge on any atom is -0.460 e. The highest BCUT2D eigenvalue weighted by Gasteiger charge is 2.70. The molecule has 0 amide bonds. The summed E-state index contributed by atoms with van der Waals surface area (Å²) < 4.78 is 20.5. The van der Waals surface area contributed by atoms with Crippen LogP contribution in [0, 0.1) is 68.5 Å². The number of alkyl halides is 1. The second kappa shape index (κ2) is 14.4. The van der Waals surface area contributed by atoms with Gasteiger partial charge >= 0.3 is 5.97 Å². The minimum atomic E-state index is -1.08. The predicted molar refractivity (Wildman–Crippen MR) is 232 cm³/mol. The van der Waals surface area contributed by atoms with E-state index in [1.165, 1.54) is 93.8 Å². The highest BCUT2D eigenvalue weighted by molar-refractivity contribution is 5.78. The van der Waals surface area contributed by atoms with Crippen LogP contribution in [0.4, 0.5) is 4.39 Å². The summed E-state index contributed by atoms with van der Waals surface area (Å²) in [7, 11) is 0. The van der Waals surface area contributed by atoms with E-state index in [4.69, 9.17) is 4.74 Å². The number of benzene rings is 1. The van der Waals surface area contributed by atoms with Crippen LogP contribution >= 0.6 is 0 Å². The Morgan fingerprint density at radius 3 is 2.22 bits per heavy atom. The van der Waals surface area contributed by atoms with Gasteiger partial charge in [-0.3, -0.25) is 4.79 Å². The van der Waals surface area contributed by atoms with E-state index in [0.29, 0.717) is 54.3 Å². The van der Waals surface area contributed by atoms with Gasteiger partial charge in [0.1, 0.15) is 13.3 Å². The number of fused-ring (bicyclic) bond motifs is 7. The second-order valence-electron chi connectivity index (χ2n) is 23.0. The van der Waals surface area contributed by atoms with Gasteiger partial charge in [0, 0.05) is 5.54 Å². The Morgan fingerprint density at radius 1 is 0.862 bits per heavy atom. The van der Waals surface area contributed by atoms with E-state index in [1.54, 1.807) is 0 Å². The number of ether oxygens (including phenoxy) is 1. The molecular formula is C53H76FNO3. The number of hydrogen-bond acceptors (Lipinski definition) is 4. The van der Waals surface area contributed by atoms with Crippen molar-refractivity contribution in [1.29, 1.82) is 0 Å². The van der Waals surface area contributed by atoms with Crippen molar-refractivity contribution in [1.82, 2.24) is 5.32 Å². The summed E-state index contributed by atoms with van der Waals surface area (Å²) in [5, 5.41) is 16.2. The molecule has 8 aliphatic rings. The van der Waals surface area contributed by atoms with Gasteiger partial charge in [0.05, 0.1) is 11.0 Å². The van der Waals surface area contributed by atoms with Gasteiger partial charge in [-0.25, -0.2) is 4.39 Å². The summed E-state index contributed by atoms with van der Waals surface area (Å²) >= 11 is 0. The second-order valence-corrected chi connectivity index (χ2v) is 23.0. The molecule has 5 heteroatoms. The van der Waals surface area contributed by atoms with E-state index in [0.717, 1.165) is 31.4 Å². The molecule has 0 bridgehead atoms. The molecule has 10 atom stereocenters. The first kappa shape index (κ1) is 41.1. The number of hydrogen-bond donors (Lipinski definition) is 2. The molecule has 0 radical (unpaired) electrons. The van der Waals surface area contributed by atoms with Gasteiger partial charge in [0.25, 0.3) is 0 Å². The molecule has 2 N–H and O–H groups in total. The summed E-state index contributed by atoms with van der Waals surface area (Å²) in [6.07, 6.45) is 23.6. The molecule has 0 saturated heterocycles. The van der Waals surface area contributed by atoms with Crippen LogP contribution in [0.5, 0.6) is 0 Å². The molecule has 4 nitrogen and oxygen atoms in total. The summed E-state index contributed by atoms with van der Waals surface area (Å²) in [6.45, 7) is 20.6. The fourth-order valence-electron chi connectivity index (χ4n) is 16.4. The lowest BCUT2D eigenvalue weighted by molar-refractivity contribution is -0.221. The third-order valence-corrected chi connectivity index (χ3v) is 20.1. The van der Waals surface area contributed by atoms with Gasteiger partial charge in [-0.1, -0.05) is 89.3 Å². The normalized spacial score (nSPS) is 41.9. The number of rotatable bonds is 12. The monoisotopic (exact) mass is 794 g/mol. The summed E-state index contributed by atoms with van der Waals surface area (Å²) in [4.78, 5) is 13.4. The minimum absolute atomic E-state index is 0.00640. The highest BCUT2D eigenvalue weighted by atomic mass is 19.1. The Kier molecular flexibility index (Phi) is 10.2. The van der Waals surface area contributed by atoms with E-state index in [-0.39, 0.29) is 33.8 Å². The van der Waals surface area contributed by atoms with Gasteiger partial charge in [-0.05, 0) is 202 Å². The van der Waals surface area contributed by atoms with Crippen molar-refractivity contribution in [3.63, 3.8) is 0 Å². The Morgan fingerprint density at radius 2 is 1.59 bits per heavy atom. The average molecular weight is 794 g/mol. The van der Waals surface area contributed by atoms with Crippen molar-refractivity contribution in [2.75, 3.05) is 13.2 Å². The Hall–Kier alpha value is -2.24. The summed E-state index contributed by atoms with van der Waals surface area (Å²) in [5.74, 6) is 3.84. The zero-order chi connectivity index (χ0) is 40.9. The number of allylic oxidation sites excluding steroid dienone is 5. The Labute approximate surface area is 350 Å². The van der Waals surface area contributed by atoms with E-state index < -0.39 is 23.7 Å². The van der Waals surface area contributed by atoms with Gasteiger partial charge in [-0.2, -0.15) is 0 Å².